The van der Waals surface area contributed by atoms with Crippen LogP contribution >= 0.6 is 11.3 Å². The Labute approximate surface area is 131 Å². The third-order valence-corrected chi connectivity index (χ3v) is 3.65. The summed E-state index contributed by atoms with van der Waals surface area (Å²) in [5.41, 5.74) is 2.28. The van der Waals surface area contributed by atoms with Crippen LogP contribution in [0, 0.1) is 0 Å². The van der Waals surface area contributed by atoms with Gasteiger partial charge in [-0.1, -0.05) is 23.5 Å². The second kappa shape index (κ2) is 7.51. The van der Waals surface area contributed by atoms with Crippen molar-refractivity contribution in [3.63, 3.8) is 0 Å². The lowest BCUT2D eigenvalue weighted by molar-refractivity contribution is -0.137. The number of methoxy groups -OCH3 is 1. The highest BCUT2D eigenvalue weighted by molar-refractivity contribution is 7.13. The molecule has 2 N–H and O–H groups in total. The highest BCUT2D eigenvalue weighted by Gasteiger charge is 2.20. The molecule has 1 unspecified atom stereocenters. The molecule has 0 radical (unpaired) electrons. The van der Waals surface area contributed by atoms with E-state index in [4.69, 9.17) is 9.84 Å². The number of anilines is 1. The topological polar surface area (TPSA) is 101 Å². The summed E-state index contributed by atoms with van der Waals surface area (Å²) in [4.78, 5) is 23.0. The predicted octanol–water partition coefficient (Wildman–Crippen LogP) is 2.13. The van der Waals surface area contributed by atoms with E-state index in [2.05, 4.69) is 15.5 Å². The van der Waals surface area contributed by atoms with Gasteiger partial charge in [0.25, 0.3) is 0 Å². The molecule has 1 atom stereocenters. The fraction of sp³-hybridized carbons (Fsp3) is 0.286. The van der Waals surface area contributed by atoms with E-state index in [1.165, 1.54) is 16.8 Å². The highest BCUT2D eigenvalue weighted by Crippen LogP contribution is 2.26. The fourth-order valence-electron chi connectivity index (χ4n) is 2.02. The zero-order valence-corrected chi connectivity index (χ0v) is 12.7. The van der Waals surface area contributed by atoms with Gasteiger partial charge in [-0.25, -0.2) is 0 Å². The van der Waals surface area contributed by atoms with Crippen molar-refractivity contribution in [2.45, 2.75) is 18.8 Å². The van der Waals surface area contributed by atoms with Crippen molar-refractivity contribution in [3.05, 3.63) is 35.3 Å². The normalized spacial score (nSPS) is 11.7. The molecule has 1 aromatic heterocycles. The number of benzene rings is 1. The Bertz CT molecular complexity index is 628. The number of rotatable bonds is 7. The predicted molar refractivity (Wildman–Crippen MR) is 81.1 cm³/mol. The van der Waals surface area contributed by atoms with Crippen molar-refractivity contribution >= 4 is 28.3 Å². The van der Waals surface area contributed by atoms with E-state index in [1.54, 1.807) is 31.4 Å². The fourth-order valence-corrected chi connectivity index (χ4v) is 2.48. The average Bonchev–Trinajstić information content (AvgIpc) is 2.99. The van der Waals surface area contributed by atoms with Crippen molar-refractivity contribution in [2.75, 3.05) is 12.4 Å². The molecule has 8 heteroatoms. The average molecular weight is 321 g/mol. The van der Waals surface area contributed by atoms with Crippen LogP contribution in [0.2, 0.25) is 0 Å². The quantitative estimate of drug-likeness (QED) is 0.810. The van der Waals surface area contributed by atoms with Crippen LogP contribution in [0.3, 0.4) is 0 Å². The second-order valence-electron chi connectivity index (χ2n) is 4.56. The molecule has 1 amide bonds. The smallest absolute Gasteiger partial charge is 0.303 e. The SMILES string of the molecule is COc1ccc(C(CC(=O)O)CC(=O)Nc2nncs2)cc1. The molecule has 7 nitrogen and oxygen atoms in total. The Morgan fingerprint density at radius 3 is 2.59 bits per heavy atom. The van der Waals surface area contributed by atoms with Crippen LogP contribution < -0.4 is 10.1 Å². The molecule has 22 heavy (non-hydrogen) atoms. The summed E-state index contributed by atoms with van der Waals surface area (Å²) >= 11 is 1.21. The summed E-state index contributed by atoms with van der Waals surface area (Å²) in [6.07, 6.45) is -0.0753. The van der Waals surface area contributed by atoms with Crippen LogP contribution in [0.25, 0.3) is 0 Å². The molecule has 2 aromatic rings. The van der Waals surface area contributed by atoms with Gasteiger partial charge in [0.05, 0.1) is 13.5 Å². The lowest BCUT2D eigenvalue weighted by atomic mass is 9.92. The molecule has 1 heterocycles. The van der Waals surface area contributed by atoms with Gasteiger partial charge in [0.2, 0.25) is 11.0 Å². The molecule has 1 aromatic carbocycles. The molecule has 116 valence electrons. The van der Waals surface area contributed by atoms with Crippen LogP contribution in [0.4, 0.5) is 5.13 Å². The minimum atomic E-state index is -0.954. The Kier molecular flexibility index (Phi) is 5.42. The summed E-state index contributed by atoms with van der Waals surface area (Å²) in [6, 6.07) is 7.02. The van der Waals surface area contributed by atoms with Gasteiger partial charge < -0.3 is 15.2 Å². The van der Waals surface area contributed by atoms with E-state index >= 15 is 0 Å². The minimum Gasteiger partial charge on any atom is -0.497 e. The van der Waals surface area contributed by atoms with E-state index in [0.717, 1.165) is 5.56 Å². The second-order valence-corrected chi connectivity index (χ2v) is 5.40. The highest BCUT2D eigenvalue weighted by atomic mass is 32.1. The maximum Gasteiger partial charge on any atom is 0.303 e. The molecule has 2 rings (SSSR count). The number of ether oxygens (including phenoxy) is 1. The first-order valence-corrected chi connectivity index (χ1v) is 7.38. The lowest BCUT2D eigenvalue weighted by Gasteiger charge is -2.15. The molecule has 0 saturated carbocycles. The van der Waals surface area contributed by atoms with Crippen molar-refractivity contribution in [1.82, 2.24) is 10.2 Å². The zero-order valence-electron chi connectivity index (χ0n) is 11.9. The van der Waals surface area contributed by atoms with Crippen LogP contribution in [0.5, 0.6) is 5.75 Å². The van der Waals surface area contributed by atoms with Crippen molar-refractivity contribution in [3.8, 4) is 5.75 Å². The van der Waals surface area contributed by atoms with Gasteiger partial charge in [-0.3, -0.25) is 9.59 Å². The van der Waals surface area contributed by atoms with Crippen LogP contribution in [0.1, 0.15) is 24.3 Å². The van der Waals surface area contributed by atoms with Gasteiger partial charge in [-0.05, 0) is 17.7 Å². The lowest BCUT2D eigenvalue weighted by Crippen LogP contribution is -2.17. The molecule has 0 spiro atoms. The van der Waals surface area contributed by atoms with Crippen molar-refractivity contribution in [2.24, 2.45) is 0 Å². The van der Waals surface area contributed by atoms with Crippen molar-refractivity contribution < 1.29 is 19.4 Å². The first-order valence-electron chi connectivity index (χ1n) is 6.50. The van der Waals surface area contributed by atoms with Gasteiger partial charge in [-0.2, -0.15) is 0 Å². The van der Waals surface area contributed by atoms with Crippen LogP contribution in [-0.2, 0) is 9.59 Å². The number of nitrogens with zero attached hydrogens (tertiary/aromatic N) is 2. The van der Waals surface area contributed by atoms with E-state index in [-0.39, 0.29) is 18.7 Å². The number of carbonyl (C=O) groups is 2. The summed E-state index contributed by atoms with van der Waals surface area (Å²) in [6.45, 7) is 0. The van der Waals surface area contributed by atoms with Crippen molar-refractivity contribution in [1.29, 1.82) is 0 Å². The number of aliphatic carboxylic acids is 1. The molecule has 0 bridgehead atoms. The Hall–Kier alpha value is -2.48. The van der Waals surface area contributed by atoms with Crippen LogP contribution in [0.15, 0.2) is 29.8 Å². The number of hydrogen-bond acceptors (Lipinski definition) is 6. The molecular weight excluding hydrogens is 306 g/mol. The number of carboxylic acids is 1. The van der Waals surface area contributed by atoms with Gasteiger partial charge in [0.15, 0.2) is 0 Å². The van der Waals surface area contributed by atoms with E-state index in [0.29, 0.717) is 10.9 Å². The molecular formula is C14H15N3O4S. The van der Waals surface area contributed by atoms with E-state index < -0.39 is 11.9 Å². The number of amides is 1. The Morgan fingerprint density at radius 2 is 2.05 bits per heavy atom. The number of nitrogens with one attached hydrogen (secondary N) is 1. The van der Waals surface area contributed by atoms with Gasteiger partial charge in [0, 0.05) is 12.3 Å². The molecule has 0 aliphatic heterocycles. The number of hydrogen-bond donors (Lipinski definition) is 2. The summed E-state index contributed by atoms with van der Waals surface area (Å²) in [5, 5.41) is 19.4. The molecule has 0 saturated heterocycles. The van der Waals surface area contributed by atoms with Gasteiger partial charge in [0.1, 0.15) is 11.3 Å². The number of carbonyl (C=O) groups excluding carboxylic acids is 1. The first-order chi connectivity index (χ1) is 10.6. The third-order valence-electron chi connectivity index (χ3n) is 3.05. The monoisotopic (exact) mass is 321 g/mol. The molecule has 0 fully saturated rings. The zero-order chi connectivity index (χ0) is 15.9. The maximum atomic E-state index is 12.0. The number of aromatic nitrogens is 2. The first kappa shape index (κ1) is 15.9. The summed E-state index contributed by atoms with van der Waals surface area (Å²) < 4.78 is 5.07. The maximum absolute atomic E-state index is 12.0. The number of carboxylic acid groups (broad SMARTS) is 1. The Morgan fingerprint density at radius 1 is 1.32 bits per heavy atom. The molecule has 0 aliphatic rings. The van der Waals surface area contributed by atoms with E-state index in [9.17, 15) is 9.59 Å². The third kappa shape index (κ3) is 4.52. The van der Waals surface area contributed by atoms with Crippen LogP contribution in [-0.4, -0.2) is 34.3 Å². The summed E-state index contributed by atoms with van der Waals surface area (Å²) in [7, 11) is 1.55. The molecule has 0 aliphatic carbocycles. The summed E-state index contributed by atoms with van der Waals surface area (Å²) in [5.74, 6) is -0.990. The van der Waals surface area contributed by atoms with Gasteiger partial charge >= 0.3 is 5.97 Å². The Balaban J connectivity index is 2.07. The van der Waals surface area contributed by atoms with Gasteiger partial charge in [-0.15, -0.1) is 10.2 Å². The largest absolute Gasteiger partial charge is 0.497 e. The minimum absolute atomic E-state index is 0.0538. The standard InChI is InChI=1S/C14H15N3O4S/c1-21-11-4-2-9(3-5-11)10(7-13(19)20)6-12(18)16-14-17-15-8-22-14/h2-5,8,10H,6-7H2,1H3,(H,19,20)(H,16,17,18). The van der Waals surface area contributed by atoms with E-state index in [1.807, 2.05) is 0 Å².